The van der Waals surface area contributed by atoms with E-state index in [4.69, 9.17) is 4.74 Å². The summed E-state index contributed by atoms with van der Waals surface area (Å²) in [6.45, 7) is 9.82. The summed E-state index contributed by atoms with van der Waals surface area (Å²) in [5, 5.41) is 14.9. The van der Waals surface area contributed by atoms with Crippen molar-refractivity contribution in [3.63, 3.8) is 0 Å². The molecule has 0 radical (unpaired) electrons. The summed E-state index contributed by atoms with van der Waals surface area (Å²) in [5.74, 6) is -2.16. The van der Waals surface area contributed by atoms with Gasteiger partial charge < -0.3 is 25.4 Å². The fraction of sp³-hybridized carbons (Fsp3) is 0.600. The molecule has 2 rings (SSSR count). The van der Waals surface area contributed by atoms with E-state index in [1.54, 1.807) is 56.0 Å². The van der Waals surface area contributed by atoms with Crippen molar-refractivity contribution in [3.05, 3.63) is 35.9 Å². The van der Waals surface area contributed by atoms with Gasteiger partial charge in [0.2, 0.25) is 11.8 Å². The third kappa shape index (κ3) is 7.74. The maximum Gasteiger partial charge on any atom is 0.408 e. The van der Waals surface area contributed by atoms with Crippen molar-refractivity contribution in [2.24, 2.45) is 11.8 Å². The van der Waals surface area contributed by atoms with Gasteiger partial charge in [0, 0.05) is 19.0 Å². The molecule has 1 aromatic rings. The minimum Gasteiger partial charge on any atom is -0.479 e. The van der Waals surface area contributed by atoms with Gasteiger partial charge in [-0.05, 0) is 45.1 Å². The van der Waals surface area contributed by atoms with Crippen LogP contribution in [0.5, 0.6) is 0 Å². The van der Waals surface area contributed by atoms with Crippen LogP contribution in [-0.4, -0.2) is 58.6 Å². The number of benzene rings is 1. The monoisotopic (exact) mass is 475 g/mol. The zero-order valence-corrected chi connectivity index (χ0v) is 20.7. The van der Waals surface area contributed by atoms with Gasteiger partial charge in [0.15, 0.2) is 6.04 Å². The molecule has 3 amide bonds. The quantitative estimate of drug-likeness (QED) is 0.531. The van der Waals surface area contributed by atoms with Crippen LogP contribution in [0.25, 0.3) is 0 Å². The highest BCUT2D eigenvalue weighted by molar-refractivity contribution is 5.88. The number of alkyl carbamates (subject to hydrolysis) is 1. The molecule has 188 valence electrons. The number of carboxylic acids is 1. The van der Waals surface area contributed by atoms with Crippen molar-refractivity contribution in [2.45, 2.75) is 71.6 Å². The van der Waals surface area contributed by atoms with Crippen molar-refractivity contribution in [2.75, 3.05) is 13.1 Å². The zero-order valence-electron chi connectivity index (χ0n) is 20.7. The number of nitrogens with zero attached hydrogens (tertiary/aromatic N) is 1. The minimum absolute atomic E-state index is 0.0942. The Morgan fingerprint density at radius 3 is 2.18 bits per heavy atom. The normalized spacial score (nSPS) is 17.3. The number of likely N-dealkylation sites (tertiary alicyclic amines) is 1. The van der Waals surface area contributed by atoms with E-state index in [2.05, 4.69) is 10.6 Å². The summed E-state index contributed by atoms with van der Waals surface area (Å²) in [4.78, 5) is 51.6. The Morgan fingerprint density at radius 1 is 1.09 bits per heavy atom. The molecule has 1 fully saturated rings. The topological polar surface area (TPSA) is 125 Å². The van der Waals surface area contributed by atoms with Gasteiger partial charge in [-0.1, -0.05) is 50.6 Å². The molecule has 3 atom stereocenters. The van der Waals surface area contributed by atoms with Crippen molar-refractivity contribution < 1.29 is 29.0 Å². The van der Waals surface area contributed by atoms with E-state index in [0.717, 1.165) is 0 Å². The second kappa shape index (κ2) is 11.9. The molecule has 0 unspecified atom stereocenters. The molecule has 1 aromatic carbocycles. The Bertz CT molecular complexity index is 859. The highest BCUT2D eigenvalue weighted by atomic mass is 16.6. The van der Waals surface area contributed by atoms with Crippen LogP contribution in [0.4, 0.5) is 4.79 Å². The number of rotatable bonds is 8. The van der Waals surface area contributed by atoms with Crippen LogP contribution in [-0.2, 0) is 19.1 Å². The minimum atomic E-state index is -1.13. The Kier molecular flexibility index (Phi) is 9.46. The molecule has 3 N–H and O–H groups in total. The molecular formula is C25H37N3O6. The number of aliphatic carboxylic acids is 1. The average Bonchev–Trinajstić information content (AvgIpc) is 2.79. The van der Waals surface area contributed by atoms with Crippen LogP contribution < -0.4 is 10.6 Å². The third-order valence-corrected chi connectivity index (χ3v) is 6.00. The average molecular weight is 476 g/mol. The number of ether oxygens (including phenoxy) is 1. The van der Waals surface area contributed by atoms with Gasteiger partial charge in [-0.15, -0.1) is 0 Å². The SMILES string of the molecule is CC[C@@H](C)[C@H](NC(=O)OC(C)(C)C)C(=O)N1CCC(C(=O)N[C@H](C(=O)O)c2ccccc2)CC1. The molecule has 0 spiro atoms. The predicted molar refractivity (Wildman–Crippen MR) is 127 cm³/mol. The molecule has 9 heteroatoms. The number of carboxylic acid groups (broad SMARTS) is 1. The lowest BCUT2D eigenvalue weighted by Crippen LogP contribution is -2.54. The molecule has 34 heavy (non-hydrogen) atoms. The molecule has 0 aliphatic carbocycles. The first-order valence-electron chi connectivity index (χ1n) is 11.8. The number of nitrogens with one attached hydrogen (secondary N) is 2. The first kappa shape index (κ1) is 27.1. The van der Waals surface area contributed by atoms with E-state index in [1.807, 2.05) is 13.8 Å². The molecule has 1 saturated heterocycles. The standard InChI is InChI=1S/C25H37N3O6/c1-6-16(2)19(27-24(33)34-25(3,4)5)22(30)28-14-12-18(13-15-28)21(29)26-20(23(31)32)17-10-8-7-9-11-17/h7-11,16,18-20H,6,12-15H2,1-5H3,(H,26,29)(H,27,33)(H,31,32)/t16-,19+,20+/m1/s1. The van der Waals surface area contributed by atoms with Gasteiger partial charge in [-0.2, -0.15) is 0 Å². The first-order valence-corrected chi connectivity index (χ1v) is 11.8. The van der Waals surface area contributed by atoms with Crippen LogP contribution in [0.2, 0.25) is 0 Å². The predicted octanol–water partition coefficient (Wildman–Crippen LogP) is 3.11. The van der Waals surface area contributed by atoms with E-state index in [-0.39, 0.29) is 17.7 Å². The van der Waals surface area contributed by atoms with Crippen molar-refractivity contribution in [3.8, 4) is 0 Å². The van der Waals surface area contributed by atoms with E-state index < -0.39 is 35.7 Å². The van der Waals surface area contributed by atoms with Gasteiger partial charge in [0.1, 0.15) is 11.6 Å². The number of hydrogen-bond donors (Lipinski definition) is 3. The second-order valence-corrected chi connectivity index (χ2v) is 9.80. The lowest BCUT2D eigenvalue weighted by atomic mass is 9.92. The summed E-state index contributed by atoms with van der Waals surface area (Å²) in [7, 11) is 0. The number of piperidine rings is 1. The van der Waals surface area contributed by atoms with Gasteiger partial charge in [-0.3, -0.25) is 9.59 Å². The molecule has 1 aliphatic heterocycles. The van der Waals surface area contributed by atoms with Crippen molar-refractivity contribution >= 4 is 23.9 Å². The van der Waals surface area contributed by atoms with E-state index in [0.29, 0.717) is 37.9 Å². The maximum atomic E-state index is 13.2. The van der Waals surface area contributed by atoms with E-state index in [1.165, 1.54) is 0 Å². The van der Waals surface area contributed by atoms with Gasteiger partial charge in [0.05, 0.1) is 0 Å². The fourth-order valence-corrected chi connectivity index (χ4v) is 3.87. The van der Waals surface area contributed by atoms with Crippen LogP contribution in [0.3, 0.4) is 0 Å². The third-order valence-electron chi connectivity index (χ3n) is 6.00. The molecular weight excluding hydrogens is 438 g/mol. The molecule has 1 aliphatic rings. The maximum absolute atomic E-state index is 13.2. The Balaban J connectivity index is 1.98. The summed E-state index contributed by atoms with van der Waals surface area (Å²) in [5.41, 5.74) is -0.174. The number of carbonyl (C=O) groups is 4. The largest absolute Gasteiger partial charge is 0.479 e. The molecule has 9 nitrogen and oxygen atoms in total. The Hall–Kier alpha value is -3.10. The smallest absolute Gasteiger partial charge is 0.408 e. The summed E-state index contributed by atoms with van der Waals surface area (Å²) in [6, 6.07) is 6.70. The molecule has 0 aromatic heterocycles. The van der Waals surface area contributed by atoms with Crippen LogP contribution >= 0.6 is 0 Å². The Labute approximate surface area is 201 Å². The van der Waals surface area contributed by atoms with E-state index >= 15 is 0 Å². The van der Waals surface area contributed by atoms with Crippen LogP contribution in [0.15, 0.2) is 30.3 Å². The highest BCUT2D eigenvalue weighted by Gasteiger charge is 2.35. The fourth-order valence-electron chi connectivity index (χ4n) is 3.87. The zero-order chi connectivity index (χ0) is 25.5. The summed E-state index contributed by atoms with van der Waals surface area (Å²) >= 11 is 0. The Morgan fingerprint density at radius 2 is 1.68 bits per heavy atom. The van der Waals surface area contributed by atoms with Crippen LogP contribution in [0, 0.1) is 11.8 Å². The lowest BCUT2D eigenvalue weighted by Gasteiger charge is -2.35. The van der Waals surface area contributed by atoms with Crippen molar-refractivity contribution in [1.29, 1.82) is 0 Å². The molecule has 0 bridgehead atoms. The number of carbonyl (C=O) groups excluding carboxylic acids is 3. The van der Waals surface area contributed by atoms with Crippen molar-refractivity contribution in [1.82, 2.24) is 15.5 Å². The second-order valence-electron chi connectivity index (χ2n) is 9.80. The summed E-state index contributed by atoms with van der Waals surface area (Å²) in [6.07, 6.45) is 0.888. The van der Waals surface area contributed by atoms with Crippen LogP contribution in [0.1, 0.15) is 65.5 Å². The highest BCUT2D eigenvalue weighted by Crippen LogP contribution is 2.22. The summed E-state index contributed by atoms with van der Waals surface area (Å²) < 4.78 is 5.32. The molecule has 1 heterocycles. The first-order chi connectivity index (χ1) is 15.9. The number of hydrogen-bond acceptors (Lipinski definition) is 5. The van der Waals surface area contributed by atoms with Gasteiger partial charge in [0.25, 0.3) is 0 Å². The molecule has 0 saturated carbocycles. The van der Waals surface area contributed by atoms with Gasteiger partial charge in [-0.25, -0.2) is 9.59 Å². The lowest BCUT2D eigenvalue weighted by molar-refractivity contribution is -0.143. The van der Waals surface area contributed by atoms with Gasteiger partial charge >= 0.3 is 12.1 Å². The number of amides is 3. The van der Waals surface area contributed by atoms with E-state index in [9.17, 15) is 24.3 Å².